The molecule has 0 bridgehead atoms. The SMILES string of the molecule is C/C=C(/C)c1cc(C)ccc1C. The number of hydrogen-bond acceptors (Lipinski definition) is 0. The van der Waals surface area contributed by atoms with Crippen LogP contribution in [-0.2, 0) is 0 Å². The minimum atomic E-state index is 1.33. The lowest BCUT2D eigenvalue weighted by molar-refractivity contribution is 1.35. The van der Waals surface area contributed by atoms with Gasteiger partial charge in [-0.1, -0.05) is 29.8 Å². The van der Waals surface area contributed by atoms with Crippen molar-refractivity contribution < 1.29 is 0 Å². The molecule has 0 spiro atoms. The third kappa shape index (κ3) is 1.76. The van der Waals surface area contributed by atoms with Crippen molar-refractivity contribution in [2.75, 3.05) is 0 Å². The van der Waals surface area contributed by atoms with Gasteiger partial charge in [-0.2, -0.15) is 0 Å². The van der Waals surface area contributed by atoms with Crippen LogP contribution in [0.3, 0.4) is 0 Å². The van der Waals surface area contributed by atoms with Gasteiger partial charge in [0, 0.05) is 0 Å². The molecular formula is C12H16. The van der Waals surface area contributed by atoms with Gasteiger partial charge in [-0.15, -0.1) is 0 Å². The number of benzene rings is 1. The summed E-state index contributed by atoms with van der Waals surface area (Å²) in [5, 5.41) is 0. The zero-order valence-electron chi connectivity index (χ0n) is 8.31. The Morgan fingerprint density at radius 2 is 1.92 bits per heavy atom. The first-order valence-electron chi connectivity index (χ1n) is 4.35. The van der Waals surface area contributed by atoms with Crippen LogP contribution in [0, 0.1) is 13.8 Å². The molecule has 0 saturated heterocycles. The van der Waals surface area contributed by atoms with Gasteiger partial charge in [-0.3, -0.25) is 0 Å². The Balaban J connectivity index is 3.23. The monoisotopic (exact) mass is 160 g/mol. The average Bonchev–Trinajstić information content (AvgIpc) is 2.08. The highest BCUT2D eigenvalue weighted by Crippen LogP contribution is 2.19. The van der Waals surface area contributed by atoms with Gasteiger partial charge in [-0.25, -0.2) is 0 Å². The largest absolute Gasteiger partial charge is 0.0841 e. The highest BCUT2D eigenvalue weighted by atomic mass is 14.0. The third-order valence-corrected chi connectivity index (χ3v) is 2.25. The molecule has 0 saturated carbocycles. The zero-order chi connectivity index (χ0) is 9.14. The summed E-state index contributed by atoms with van der Waals surface area (Å²) in [5.41, 5.74) is 5.42. The molecule has 0 aromatic heterocycles. The molecule has 0 aliphatic rings. The topological polar surface area (TPSA) is 0 Å². The molecule has 0 unspecified atom stereocenters. The molecule has 0 N–H and O–H groups in total. The van der Waals surface area contributed by atoms with Crippen LogP contribution in [0.1, 0.15) is 30.5 Å². The molecule has 64 valence electrons. The number of hydrogen-bond donors (Lipinski definition) is 0. The fraction of sp³-hybridized carbons (Fsp3) is 0.333. The Morgan fingerprint density at radius 3 is 2.50 bits per heavy atom. The van der Waals surface area contributed by atoms with Gasteiger partial charge >= 0.3 is 0 Å². The van der Waals surface area contributed by atoms with Crippen molar-refractivity contribution >= 4 is 5.57 Å². The summed E-state index contributed by atoms with van der Waals surface area (Å²) in [5.74, 6) is 0. The zero-order valence-corrected chi connectivity index (χ0v) is 8.31. The first-order chi connectivity index (χ1) is 5.65. The summed E-state index contributed by atoms with van der Waals surface area (Å²) in [6, 6.07) is 6.57. The standard InChI is InChI=1S/C12H16/c1-5-10(3)12-8-9(2)6-7-11(12)4/h5-8H,1-4H3/b10-5-. The van der Waals surface area contributed by atoms with Crippen molar-refractivity contribution in [1.29, 1.82) is 0 Å². The summed E-state index contributed by atoms with van der Waals surface area (Å²) in [6.45, 7) is 8.52. The highest BCUT2D eigenvalue weighted by molar-refractivity contribution is 5.66. The van der Waals surface area contributed by atoms with E-state index in [1.165, 1.54) is 22.3 Å². The van der Waals surface area contributed by atoms with E-state index in [1.54, 1.807) is 0 Å². The lowest BCUT2D eigenvalue weighted by Crippen LogP contribution is -1.86. The molecule has 0 nitrogen and oxygen atoms in total. The quantitative estimate of drug-likeness (QED) is 0.587. The van der Waals surface area contributed by atoms with E-state index in [2.05, 4.69) is 52.0 Å². The van der Waals surface area contributed by atoms with Crippen LogP contribution in [0.25, 0.3) is 5.57 Å². The van der Waals surface area contributed by atoms with Crippen LogP contribution in [0.2, 0.25) is 0 Å². The minimum absolute atomic E-state index is 1.33. The van der Waals surface area contributed by atoms with E-state index in [0.717, 1.165) is 0 Å². The van der Waals surface area contributed by atoms with Crippen molar-refractivity contribution in [2.24, 2.45) is 0 Å². The Labute approximate surface area is 74.9 Å². The third-order valence-electron chi connectivity index (χ3n) is 2.25. The molecule has 12 heavy (non-hydrogen) atoms. The van der Waals surface area contributed by atoms with E-state index in [-0.39, 0.29) is 0 Å². The van der Waals surface area contributed by atoms with E-state index < -0.39 is 0 Å². The van der Waals surface area contributed by atoms with Crippen LogP contribution < -0.4 is 0 Å². The maximum Gasteiger partial charge on any atom is -0.0199 e. The number of allylic oxidation sites excluding steroid dienone is 2. The van der Waals surface area contributed by atoms with Crippen molar-refractivity contribution in [3.05, 3.63) is 41.0 Å². The Kier molecular flexibility index (Phi) is 2.69. The lowest BCUT2D eigenvalue weighted by Gasteiger charge is -2.06. The fourth-order valence-electron chi connectivity index (χ4n) is 1.32. The molecule has 0 heteroatoms. The van der Waals surface area contributed by atoms with E-state index in [9.17, 15) is 0 Å². The normalized spacial score (nSPS) is 11.8. The molecule has 0 heterocycles. The second-order valence-electron chi connectivity index (χ2n) is 3.29. The molecule has 0 fully saturated rings. The summed E-state index contributed by atoms with van der Waals surface area (Å²) >= 11 is 0. The maximum atomic E-state index is 2.24. The second-order valence-corrected chi connectivity index (χ2v) is 3.29. The fourth-order valence-corrected chi connectivity index (χ4v) is 1.32. The van der Waals surface area contributed by atoms with E-state index in [4.69, 9.17) is 0 Å². The first-order valence-corrected chi connectivity index (χ1v) is 4.35. The summed E-state index contributed by atoms with van der Waals surface area (Å²) in [7, 11) is 0. The summed E-state index contributed by atoms with van der Waals surface area (Å²) in [6.07, 6.45) is 2.15. The molecule has 0 atom stereocenters. The van der Waals surface area contributed by atoms with Crippen LogP contribution in [0.15, 0.2) is 24.3 Å². The van der Waals surface area contributed by atoms with Gasteiger partial charge in [0.05, 0.1) is 0 Å². The molecule has 1 aromatic rings. The molecule has 1 aromatic carbocycles. The number of aryl methyl sites for hydroxylation is 2. The van der Waals surface area contributed by atoms with E-state index in [0.29, 0.717) is 0 Å². The molecular weight excluding hydrogens is 144 g/mol. The van der Waals surface area contributed by atoms with Crippen molar-refractivity contribution in [3.63, 3.8) is 0 Å². The summed E-state index contributed by atoms with van der Waals surface area (Å²) < 4.78 is 0. The lowest BCUT2D eigenvalue weighted by atomic mass is 9.99. The van der Waals surface area contributed by atoms with Crippen molar-refractivity contribution in [2.45, 2.75) is 27.7 Å². The van der Waals surface area contributed by atoms with Gasteiger partial charge < -0.3 is 0 Å². The average molecular weight is 160 g/mol. The molecule has 0 aliphatic heterocycles. The Morgan fingerprint density at radius 1 is 1.25 bits per heavy atom. The van der Waals surface area contributed by atoms with Gasteiger partial charge in [-0.05, 0) is 44.4 Å². The first kappa shape index (κ1) is 9.05. The van der Waals surface area contributed by atoms with Crippen molar-refractivity contribution in [1.82, 2.24) is 0 Å². The minimum Gasteiger partial charge on any atom is -0.0841 e. The van der Waals surface area contributed by atoms with Crippen LogP contribution >= 0.6 is 0 Å². The van der Waals surface area contributed by atoms with Crippen molar-refractivity contribution in [3.8, 4) is 0 Å². The molecule has 0 aliphatic carbocycles. The van der Waals surface area contributed by atoms with Crippen LogP contribution in [-0.4, -0.2) is 0 Å². The predicted octanol–water partition coefficient (Wildman–Crippen LogP) is 3.73. The van der Waals surface area contributed by atoms with E-state index >= 15 is 0 Å². The number of rotatable bonds is 1. The molecule has 0 radical (unpaired) electrons. The van der Waals surface area contributed by atoms with Crippen LogP contribution in [0.5, 0.6) is 0 Å². The highest BCUT2D eigenvalue weighted by Gasteiger charge is 1.98. The Hall–Kier alpha value is -1.04. The smallest absolute Gasteiger partial charge is 0.0199 e. The summed E-state index contributed by atoms with van der Waals surface area (Å²) in [4.78, 5) is 0. The van der Waals surface area contributed by atoms with Gasteiger partial charge in [0.2, 0.25) is 0 Å². The molecule has 0 amide bonds. The predicted molar refractivity (Wildman–Crippen MR) is 55.2 cm³/mol. The van der Waals surface area contributed by atoms with Gasteiger partial charge in [0.1, 0.15) is 0 Å². The van der Waals surface area contributed by atoms with Gasteiger partial charge in [0.15, 0.2) is 0 Å². The maximum absolute atomic E-state index is 2.24. The molecule has 1 rings (SSSR count). The second kappa shape index (κ2) is 3.57. The van der Waals surface area contributed by atoms with Gasteiger partial charge in [0.25, 0.3) is 0 Å². The van der Waals surface area contributed by atoms with E-state index in [1.807, 2.05) is 0 Å². The van der Waals surface area contributed by atoms with Crippen LogP contribution in [0.4, 0.5) is 0 Å². The Bertz CT molecular complexity index is 306.